The van der Waals surface area contributed by atoms with Crippen LogP contribution in [0, 0.1) is 0 Å². The molecule has 0 radical (unpaired) electrons. The molecule has 0 bridgehead atoms. The summed E-state index contributed by atoms with van der Waals surface area (Å²) in [7, 11) is 0. The van der Waals surface area contributed by atoms with Crippen LogP contribution in [0.15, 0.2) is 28.7 Å². The van der Waals surface area contributed by atoms with E-state index in [1.807, 2.05) is 0 Å². The van der Waals surface area contributed by atoms with Gasteiger partial charge in [-0.1, -0.05) is 18.5 Å². The van der Waals surface area contributed by atoms with Crippen molar-refractivity contribution in [2.45, 2.75) is 32.3 Å². The van der Waals surface area contributed by atoms with E-state index in [-0.39, 0.29) is 23.2 Å². The zero-order valence-corrected chi connectivity index (χ0v) is 15.5. The highest BCUT2D eigenvalue weighted by atomic mass is 35.5. The number of hydrogen-bond acceptors (Lipinski definition) is 5. The second kappa shape index (κ2) is 8.45. The smallest absolute Gasteiger partial charge is 0.339 e. The standard InChI is InChI=1S/C19H20ClNO6/c1-2-15-13(19(23)24)9-17(27-15)18(22)21-14-8-11(20)5-6-16(14)26-10-12-4-3-7-25-12/h5-6,8-9,12H,2-4,7,10H2,1H3,(H,21,22)(H,23,24). The molecule has 0 spiro atoms. The van der Waals surface area contributed by atoms with Crippen LogP contribution in [0.2, 0.25) is 5.02 Å². The van der Waals surface area contributed by atoms with Crippen LogP contribution in [0.3, 0.4) is 0 Å². The van der Waals surface area contributed by atoms with Gasteiger partial charge in [0.25, 0.3) is 5.91 Å². The zero-order valence-electron chi connectivity index (χ0n) is 14.8. The van der Waals surface area contributed by atoms with E-state index < -0.39 is 11.9 Å². The van der Waals surface area contributed by atoms with Crippen LogP contribution in [0.25, 0.3) is 0 Å². The van der Waals surface area contributed by atoms with Gasteiger partial charge >= 0.3 is 5.97 Å². The summed E-state index contributed by atoms with van der Waals surface area (Å²) >= 11 is 6.03. The summed E-state index contributed by atoms with van der Waals surface area (Å²) in [5.41, 5.74) is 0.348. The quantitative estimate of drug-likeness (QED) is 0.737. The van der Waals surface area contributed by atoms with Gasteiger partial charge in [0.2, 0.25) is 0 Å². The molecule has 1 aromatic carbocycles. The van der Waals surface area contributed by atoms with Crippen molar-refractivity contribution in [3.63, 3.8) is 0 Å². The molecule has 8 heteroatoms. The maximum Gasteiger partial charge on any atom is 0.339 e. The predicted octanol–water partition coefficient (Wildman–Crippen LogP) is 4.00. The van der Waals surface area contributed by atoms with Gasteiger partial charge in [-0.3, -0.25) is 4.79 Å². The Labute approximate surface area is 161 Å². The third-order valence-electron chi connectivity index (χ3n) is 4.22. The van der Waals surface area contributed by atoms with Crippen molar-refractivity contribution in [3.05, 3.63) is 46.4 Å². The number of benzene rings is 1. The monoisotopic (exact) mass is 393 g/mol. The van der Waals surface area contributed by atoms with Gasteiger partial charge in [-0.15, -0.1) is 0 Å². The van der Waals surface area contributed by atoms with Crippen LogP contribution in [-0.4, -0.2) is 36.3 Å². The lowest BCUT2D eigenvalue weighted by Crippen LogP contribution is -2.18. The van der Waals surface area contributed by atoms with Crippen LogP contribution in [0.4, 0.5) is 5.69 Å². The topological polar surface area (TPSA) is 98.0 Å². The molecule has 2 N–H and O–H groups in total. The Morgan fingerprint density at radius 2 is 2.19 bits per heavy atom. The molecule has 2 aromatic rings. The first kappa shape index (κ1) is 19.3. The van der Waals surface area contributed by atoms with Crippen molar-refractivity contribution in [3.8, 4) is 5.75 Å². The number of hydrogen-bond donors (Lipinski definition) is 2. The number of carbonyl (C=O) groups is 2. The summed E-state index contributed by atoms with van der Waals surface area (Å²) in [6, 6.07) is 6.10. The van der Waals surface area contributed by atoms with Crippen molar-refractivity contribution >= 4 is 29.2 Å². The van der Waals surface area contributed by atoms with E-state index >= 15 is 0 Å². The van der Waals surface area contributed by atoms with Crippen LogP contribution in [0.1, 0.15) is 46.4 Å². The molecule has 2 heterocycles. The lowest BCUT2D eigenvalue weighted by molar-refractivity contribution is 0.0681. The molecule has 0 saturated carbocycles. The Morgan fingerprint density at radius 3 is 2.81 bits per heavy atom. The van der Waals surface area contributed by atoms with Gasteiger partial charge in [0.05, 0.1) is 11.8 Å². The molecular formula is C19H20ClNO6. The van der Waals surface area contributed by atoms with Gasteiger partial charge in [0.15, 0.2) is 5.76 Å². The number of carboxylic acids is 1. The van der Waals surface area contributed by atoms with Crippen LogP contribution >= 0.6 is 11.6 Å². The number of rotatable bonds is 7. The Hall–Kier alpha value is -2.51. The van der Waals surface area contributed by atoms with E-state index in [1.54, 1.807) is 25.1 Å². The molecule has 1 amide bonds. The zero-order chi connectivity index (χ0) is 19.4. The summed E-state index contributed by atoms with van der Waals surface area (Å²) < 4.78 is 16.7. The average molecular weight is 394 g/mol. The van der Waals surface area contributed by atoms with Crippen LogP contribution in [-0.2, 0) is 11.2 Å². The number of amides is 1. The fourth-order valence-electron chi connectivity index (χ4n) is 2.85. The minimum atomic E-state index is -1.14. The van der Waals surface area contributed by atoms with E-state index in [4.69, 9.17) is 25.5 Å². The van der Waals surface area contributed by atoms with E-state index in [9.17, 15) is 14.7 Å². The molecule has 144 valence electrons. The molecular weight excluding hydrogens is 374 g/mol. The largest absolute Gasteiger partial charge is 0.489 e. The molecule has 1 fully saturated rings. The number of carboxylic acid groups (broad SMARTS) is 1. The normalized spacial score (nSPS) is 16.3. The molecule has 1 unspecified atom stereocenters. The van der Waals surface area contributed by atoms with Gasteiger partial charge in [-0.05, 0) is 31.0 Å². The third kappa shape index (κ3) is 4.61. The van der Waals surface area contributed by atoms with Gasteiger partial charge in [-0.25, -0.2) is 4.79 Å². The first-order valence-electron chi connectivity index (χ1n) is 8.69. The molecule has 1 aliphatic heterocycles. The summed E-state index contributed by atoms with van der Waals surface area (Å²) in [6.45, 7) is 2.85. The number of carbonyl (C=O) groups excluding carboxylic acids is 1. The highest BCUT2D eigenvalue weighted by molar-refractivity contribution is 6.31. The first-order valence-corrected chi connectivity index (χ1v) is 9.07. The van der Waals surface area contributed by atoms with Crippen LogP contribution < -0.4 is 10.1 Å². The fraction of sp³-hybridized carbons (Fsp3) is 0.368. The van der Waals surface area contributed by atoms with Crippen LogP contribution in [0.5, 0.6) is 5.75 Å². The number of aromatic carboxylic acids is 1. The Kier molecular flexibility index (Phi) is 6.03. The SMILES string of the molecule is CCc1oc(C(=O)Nc2cc(Cl)ccc2OCC2CCCO2)cc1C(=O)O. The van der Waals surface area contributed by atoms with Crippen molar-refractivity contribution < 1.29 is 28.6 Å². The minimum Gasteiger partial charge on any atom is -0.489 e. The number of nitrogens with one attached hydrogen (secondary N) is 1. The fourth-order valence-corrected chi connectivity index (χ4v) is 3.02. The van der Waals surface area contributed by atoms with E-state index in [2.05, 4.69) is 5.32 Å². The maximum atomic E-state index is 12.5. The second-order valence-electron chi connectivity index (χ2n) is 6.15. The van der Waals surface area contributed by atoms with Crippen molar-refractivity contribution in [2.75, 3.05) is 18.5 Å². The van der Waals surface area contributed by atoms with E-state index in [0.29, 0.717) is 29.5 Å². The predicted molar refractivity (Wildman–Crippen MR) is 98.9 cm³/mol. The Bertz CT molecular complexity index is 841. The minimum absolute atomic E-state index is 0.0244. The molecule has 1 aliphatic rings. The number of furan rings is 1. The molecule has 27 heavy (non-hydrogen) atoms. The van der Waals surface area contributed by atoms with Gasteiger partial charge in [0, 0.05) is 24.1 Å². The number of aryl methyl sites for hydroxylation is 1. The summed E-state index contributed by atoms with van der Waals surface area (Å²) in [4.78, 5) is 23.8. The Morgan fingerprint density at radius 1 is 1.37 bits per heavy atom. The third-order valence-corrected chi connectivity index (χ3v) is 4.46. The lowest BCUT2D eigenvalue weighted by Gasteiger charge is -2.15. The first-order chi connectivity index (χ1) is 13.0. The number of anilines is 1. The molecule has 1 aromatic heterocycles. The van der Waals surface area contributed by atoms with Gasteiger partial charge in [0.1, 0.15) is 23.7 Å². The molecule has 1 saturated heterocycles. The average Bonchev–Trinajstić information content (AvgIpc) is 3.30. The Balaban J connectivity index is 1.76. The maximum absolute atomic E-state index is 12.5. The summed E-state index contributed by atoms with van der Waals surface area (Å²) in [5.74, 6) is -1.12. The van der Waals surface area contributed by atoms with E-state index in [0.717, 1.165) is 19.4 Å². The van der Waals surface area contributed by atoms with Crippen molar-refractivity contribution in [1.82, 2.24) is 0 Å². The van der Waals surface area contributed by atoms with Crippen molar-refractivity contribution in [1.29, 1.82) is 0 Å². The molecule has 0 aliphatic carbocycles. The number of ether oxygens (including phenoxy) is 2. The summed E-state index contributed by atoms with van der Waals surface area (Å²) in [5, 5.41) is 12.3. The van der Waals surface area contributed by atoms with Crippen molar-refractivity contribution in [2.24, 2.45) is 0 Å². The van der Waals surface area contributed by atoms with Gasteiger partial charge < -0.3 is 24.3 Å². The van der Waals surface area contributed by atoms with Gasteiger partial charge in [-0.2, -0.15) is 0 Å². The molecule has 7 nitrogen and oxygen atoms in total. The second-order valence-corrected chi connectivity index (χ2v) is 6.58. The highest BCUT2D eigenvalue weighted by Crippen LogP contribution is 2.30. The molecule has 1 atom stereocenters. The van der Waals surface area contributed by atoms with E-state index in [1.165, 1.54) is 6.07 Å². The summed E-state index contributed by atoms with van der Waals surface area (Å²) in [6.07, 6.45) is 2.32. The number of halogens is 1. The lowest BCUT2D eigenvalue weighted by atomic mass is 10.2. The highest BCUT2D eigenvalue weighted by Gasteiger charge is 2.22. The molecule has 3 rings (SSSR count).